The fourth-order valence-corrected chi connectivity index (χ4v) is 0.959. The van der Waals surface area contributed by atoms with Crippen LogP contribution in [0.1, 0.15) is 0 Å². The minimum atomic E-state index is 1.18. The zero-order valence-corrected chi connectivity index (χ0v) is 5.52. The molecule has 0 aromatic rings. The van der Waals surface area contributed by atoms with Crippen LogP contribution in [-0.2, 0) is 0 Å². The number of hydrogen-bond donors (Lipinski definition) is 2. The summed E-state index contributed by atoms with van der Waals surface area (Å²) in [6.07, 6.45) is 0. The first kappa shape index (κ1) is 6.75. The third-order valence-corrected chi connectivity index (χ3v) is 1.28. The lowest BCUT2D eigenvalue weighted by molar-refractivity contribution is 2.05. The van der Waals surface area contributed by atoms with E-state index in [0.717, 1.165) is 0 Å². The molecular weight excluding hydrogens is 134 g/mol. The summed E-state index contributed by atoms with van der Waals surface area (Å²) >= 11 is 4.99. The monoisotopic (exact) mass is 139 g/mol. The molecule has 1 nitrogen and oxygen atoms in total. The summed E-state index contributed by atoms with van der Waals surface area (Å²) in [4.78, 5) is 0. The second-order valence-electron chi connectivity index (χ2n) is 0.514. The highest BCUT2D eigenvalue weighted by Gasteiger charge is 1.61. The third-order valence-electron chi connectivity index (χ3n) is 0.195. The summed E-state index contributed by atoms with van der Waals surface area (Å²) in [6.45, 7) is 0. The maximum Gasteiger partial charge on any atom is -0.00667 e. The molecule has 0 aromatic carbocycles. The largest absolute Gasteiger partial charge is 0.274 e. The van der Waals surface area contributed by atoms with Gasteiger partial charge in [-0.15, -0.1) is 11.7 Å². The molecule has 0 atom stereocenters. The van der Waals surface area contributed by atoms with Crippen molar-refractivity contribution in [1.82, 2.24) is 0 Å². The first-order chi connectivity index (χ1) is 2.91. The molecule has 4 heteroatoms. The zero-order chi connectivity index (χ0) is 4.83. The van der Waals surface area contributed by atoms with Crippen LogP contribution in [0, 0.1) is 0 Å². The topological polar surface area (TPSA) is 26.0 Å². The predicted octanol–water partition coefficient (Wildman–Crippen LogP) is 1.64. The van der Waals surface area contributed by atoms with Gasteiger partial charge in [-0.3, -0.25) is 5.14 Å². The Balaban J connectivity index is 2.73. The standard InChI is InChI=1S/C2H5NS3/c3-5-1-2-6-4/h1-2,4H,3H2. The van der Waals surface area contributed by atoms with Gasteiger partial charge >= 0.3 is 0 Å². The van der Waals surface area contributed by atoms with Crippen LogP contribution in [0.5, 0.6) is 0 Å². The molecule has 0 aliphatic rings. The smallest absolute Gasteiger partial charge is 0.00667 e. The lowest BCUT2D eigenvalue weighted by Crippen LogP contribution is -1.65. The van der Waals surface area contributed by atoms with E-state index in [9.17, 15) is 0 Å². The molecule has 0 spiro atoms. The van der Waals surface area contributed by atoms with Crippen molar-refractivity contribution in [3.05, 3.63) is 10.8 Å². The predicted molar refractivity (Wildman–Crippen MR) is 37.5 cm³/mol. The van der Waals surface area contributed by atoms with Crippen LogP contribution < -0.4 is 5.14 Å². The summed E-state index contributed by atoms with van der Waals surface area (Å²) in [5, 5.41) is 8.56. The molecule has 0 bridgehead atoms. The van der Waals surface area contributed by atoms with Crippen molar-refractivity contribution in [2.24, 2.45) is 5.14 Å². The van der Waals surface area contributed by atoms with Crippen LogP contribution in [0.2, 0.25) is 0 Å². The summed E-state index contributed by atoms with van der Waals surface area (Å²) < 4.78 is 0. The van der Waals surface area contributed by atoms with Crippen LogP contribution >= 0.6 is 34.4 Å². The fourth-order valence-electron chi connectivity index (χ4n) is 0.0569. The van der Waals surface area contributed by atoms with Gasteiger partial charge in [-0.2, -0.15) is 0 Å². The molecular formula is C2H5NS3. The minimum absolute atomic E-state index is 1.18. The van der Waals surface area contributed by atoms with Gasteiger partial charge in [-0.25, -0.2) is 0 Å². The van der Waals surface area contributed by atoms with Crippen LogP contribution in [0.4, 0.5) is 0 Å². The van der Waals surface area contributed by atoms with Gasteiger partial charge in [0.15, 0.2) is 0 Å². The van der Waals surface area contributed by atoms with Gasteiger partial charge in [0, 0.05) is 0 Å². The molecule has 0 aliphatic carbocycles. The van der Waals surface area contributed by atoms with Crippen molar-refractivity contribution in [1.29, 1.82) is 0 Å². The van der Waals surface area contributed by atoms with Gasteiger partial charge in [0.05, 0.1) is 0 Å². The first-order valence-corrected chi connectivity index (χ1v) is 4.10. The second kappa shape index (κ2) is 5.75. The number of nitrogens with two attached hydrogens (primary N) is 1. The van der Waals surface area contributed by atoms with Gasteiger partial charge in [0.1, 0.15) is 0 Å². The molecule has 0 aliphatic heterocycles. The summed E-state index contributed by atoms with van der Waals surface area (Å²) in [5.74, 6) is 0. The van der Waals surface area contributed by atoms with Crippen molar-refractivity contribution >= 4 is 34.4 Å². The molecule has 0 fully saturated rings. The Bertz CT molecular complexity index is 38.1. The molecule has 0 aromatic heterocycles. The lowest BCUT2D eigenvalue weighted by atomic mass is 11.3. The third kappa shape index (κ3) is 4.75. The van der Waals surface area contributed by atoms with E-state index < -0.39 is 0 Å². The Hall–Kier alpha value is 0.750. The SMILES string of the molecule is NSC=CSS. The van der Waals surface area contributed by atoms with Gasteiger partial charge in [0.2, 0.25) is 0 Å². The Morgan fingerprint density at radius 3 is 2.33 bits per heavy atom. The molecule has 0 unspecified atom stereocenters. The Morgan fingerprint density at radius 2 is 2.17 bits per heavy atom. The number of thiol groups is 1. The van der Waals surface area contributed by atoms with Crippen molar-refractivity contribution in [3.8, 4) is 0 Å². The second-order valence-corrected chi connectivity index (χ2v) is 2.17. The van der Waals surface area contributed by atoms with E-state index in [-0.39, 0.29) is 0 Å². The molecule has 2 N–H and O–H groups in total. The van der Waals surface area contributed by atoms with E-state index in [4.69, 9.17) is 5.14 Å². The normalized spacial score (nSPS) is 10.3. The van der Waals surface area contributed by atoms with Crippen molar-refractivity contribution in [3.63, 3.8) is 0 Å². The van der Waals surface area contributed by atoms with Gasteiger partial charge in [-0.05, 0) is 10.8 Å². The Labute approximate surface area is 50.7 Å². The van der Waals surface area contributed by atoms with Crippen molar-refractivity contribution in [2.45, 2.75) is 0 Å². The molecule has 0 radical (unpaired) electrons. The maximum absolute atomic E-state index is 5.00. The lowest BCUT2D eigenvalue weighted by Gasteiger charge is -1.72. The van der Waals surface area contributed by atoms with E-state index in [1.807, 2.05) is 0 Å². The van der Waals surface area contributed by atoms with E-state index in [1.54, 1.807) is 10.8 Å². The first-order valence-electron chi connectivity index (χ1n) is 1.22. The fraction of sp³-hybridized carbons (Fsp3) is 0. The van der Waals surface area contributed by atoms with Crippen LogP contribution in [0.3, 0.4) is 0 Å². The minimum Gasteiger partial charge on any atom is -0.274 e. The van der Waals surface area contributed by atoms with E-state index in [2.05, 4.69) is 11.7 Å². The quantitative estimate of drug-likeness (QED) is 0.346. The molecule has 36 valence electrons. The maximum atomic E-state index is 5.00. The van der Waals surface area contributed by atoms with E-state index in [0.29, 0.717) is 0 Å². The molecule has 6 heavy (non-hydrogen) atoms. The summed E-state index contributed by atoms with van der Waals surface area (Å²) in [7, 11) is 1.34. The Morgan fingerprint density at radius 1 is 1.50 bits per heavy atom. The highest BCUT2D eigenvalue weighted by molar-refractivity contribution is 8.70. The van der Waals surface area contributed by atoms with Crippen LogP contribution in [-0.4, -0.2) is 0 Å². The summed E-state index contributed by atoms with van der Waals surface area (Å²) in [6, 6.07) is 0. The average Bonchev–Trinajstić information content (AvgIpc) is 1.61. The molecule has 0 rings (SSSR count). The number of hydrogen-bond acceptors (Lipinski definition) is 4. The number of rotatable bonds is 2. The van der Waals surface area contributed by atoms with Gasteiger partial charge < -0.3 is 0 Å². The van der Waals surface area contributed by atoms with Crippen molar-refractivity contribution < 1.29 is 0 Å². The zero-order valence-electron chi connectivity index (χ0n) is 3.00. The highest BCUT2D eigenvalue weighted by atomic mass is 33.1. The van der Waals surface area contributed by atoms with Gasteiger partial charge in [0.25, 0.3) is 0 Å². The molecule has 0 heterocycles. The Kier molecular flexibility index (Phi) is 6.47. The van der Waals surface area contributed by atoms with Crippen LogP contribution in [0.25, 0.3) is 0 Å². The molecule has 0 saturated carbocycles. The van der Waals surface area contributed by atoms with Crippen LogP contribution in [0.15, 0.2) is 10.8 Å². The molecule has 0 saturated heterocycles. The summed E-state index contributed by atoms with van der Waals surface area (Å²) in [5.41, 5.74) is 0. The van der Waals surface area contributed by atoms with E-state index >= 15 is 0 Å². The van der Waals surface area contributed by atoms with E-state index in [1.165, 1.54) is 22.7 Å². The average molecular weight is 139 g/mol. The molecule has 0 amide bonds. The highest BCUT2D eigenvalue weighted by Crippen LogP contribution is 2.07. The van der Waals surface area contributed by atoms with Gasteiger partial charge in [-0.1, -0.05) is 22.7 Å². The van der Waals surface area contributed by atoms with Crippen molar-refractivity contribution in [2.75, 3.05) is 0 Å².